The summed E-state index contributed by atoms with van der Waals surface area (Å²) in [5.41, 5.74) is 1.62. The number of nitrogens with zero attached hydrogens (tertiary/aromatic N) is 1. The standard InChI is InChI=1S/C8H6N.Y/c1-7-3-5-8(9-2)6-4-7;/h3-6H,1H2;/q-1;. The maximum Gasteiger partial charge on any atom is 0.163 e. The molecule has 0 atom stereocenters. The molecule has 1 radical (unpaired) electrons. The molecule has 0 aromatic heterocycles. The van der Waals surface area contributed by atoms with Crippen LogP contribution in [0.2, 0.25) is 0 Å². The summed E-state index contributed by atoms with van der Waals surface area (Å²) in [6.45, 7) is 10.3. The van der Waals surface area contributed by atoms with Crippen LogP contribution in [0.4, 0.5) is 5.69 Å². The Labute approximate surface area is 86.1 Å². The van der Waals surface area contributed by atoms with Crippen LogP contribution < -0.4 is 0 Å². The third kappa shape index (κ3) is 2.51. The summed E-state index contributed by atoms with van der Waals surface area (Å²) in [4.78, 5) is 3.23. The van der Waals surface area contributed by atoms with Crippen LogP contribution in [0.5, 0.6) is 0 Å². The predicted octanol–water partition coefficient (Wildman–Crippen LogP) is 2.42. The Morgan fingerprint density at radius 1 is 1.20 bits per heavy atom. The molecule has 1 nitrogen and oxygen atoms in total. The van der Waals surface area contributed by atoms with Crippen molar-refractivity contribution < 1.29 is 32.7 Å². The van der Waals surface area contributed by atoms with Crippen molar-refractivity contribution in [3.63, 3.8) is 0 Å². The fraction of sp³-hybridized carbons (Fsp3) is 0. The first-order valence-corrected chi connectivity index (χ1v) is 2.62. The number of rotatable bonds is 0. The zero-order valence-corrected chi connectivity index (χ0v) is 8.38. The zero-order chi connectivity index (χ0) is 6.69. The number of hydrogen-bond acceptors (Lipinski definition) is 0. The molecule has 0 saturated heterocycles. The summed E-state index contributed by atoms with van der Waals surface area (Å²) < 4.78 is 0. The van der Waals surface area contributed by atoms with Gasteiger partial charge in [-0.25, -0.2) is 4.85 Å². The second-order valence-electron chi connectivity index (χ2n) is 1.78. The Hall–Kier alpha value is -0.316. The van der Waals surface area contributed by atoms with E-state index < -0.39 is 0 Å². The third-order valence-electron chi connectivity index (χ3n) is 1.07. The van der Waals surface area contributed by atoms with Gasteiger partial charge in [-0.05, 0) is 0 Å². The second kappa shape index (κ2) is 4.49. The van der Waals surface area contributed by atoms with Crippen LogP contribution in [0, 0.1) is 13.5 Å². The van der Waals surface area contributed by atoms with Crippen LogP contribution in [0.25, 0.3) is 4.85 Å². The number of hydrogen-bond donors (Lipinski definition) is 0. The van der Waals surface area contributed by atoms with E-state index in [1.54, 1.807) is 12.1 Å². The minimum atomic E-state index is 0. The van der Waals surface area contributed by atoms with E-state index in [0.29, 0.717) is 5.69 Å². The van der Waals surface area contributed by atoms with Crippen LogP contribution in [-0.4, -0.2) is 0 Å². The maximum atomic E-state index is 6.62. The summed E-state index contributed by atoms with van der Waals surface area (Å²) in [6.07, 6.45) is 0. The van der Waals surface area contributed by atoms with Gasteiger partial charge < -0.3 is 0 Å². The molecule has 0 saturated carbocycles. The van der Waals surface area contributed by atoms with Crippen LogP contribution in [0.15, 0.2) is 24.3 Å². The molecule has 0 aliphatic heterocycles. The molecular formula is C8H6NY-. The van der Waals surface area contributed by atoms with Crippen molar-refractivity contribution in [3.8, 4) is 0 Å². The summed E-state index contributed by atoms with van der Waals surface area (Å²) >= 11 is 0. The minimum absolute atomic E-state index is 0. The normalized spacial score (nSPS) is 7.50. The molecule has 0 amide bonds. The van der Waals surface area contributed by atoms with Gasteiger partial charge in [-0.2, -0.15) is 24.6 Å². The monoisotopic (exact) mass is 205 g/mol. The molecule has 47 valence electrons. The Kier molecular flexibility index (Phi) is 4.35. The van der Waals surface area contributed by atoms with E-state index in [1.807, 2.05) is 12.1 Å². The van der Waals surface area contributed by atoms with E-state index in [0.717, 1.165) is 5.56 Å². The van der Waals surface area contributed by atoms with Crippen LogP contribution in [-0.2, 0) is 32.7 Å². The Morgan fingerprint density at radius 2 is 1.70 bits per heavy atom. The van der Waals surface area contributed by atoms with E-state index in [1.165, 1.54) is 0 Å². The molecule has 1 aromatic carbocycles. The van der Waals surface area contributed by atoms with Crippen molar-refractivity contribution in [2.24, 2.45) is 0 Å². The van der Waals surface area contributed by atoms with Gasteiger partial charge in [0.2, 0.25) is 0 Å². The van der Waals surface area contributed by atoms with Gasteiger partial charge in [0.25, 0.3) is 0 Å². The molecule has 0 spiro atoms. The van der Waals surface area contributed by atoms with Crippen molar-refractivity contribution in [1.29, 1.82) is 0 Å². The molecule has 0 heterocycles. The van der Waals surface area contributed by atoms with Crippen molar-refractivity contribution in [2.75, 3.05) is 0 Å². The fourth-order valence-corrected chi connectivity index (χ4v) is 0.570. The Balaban J connectivity index is 0.000000810. The van der Waals surface area contributed by atoms with E-state index >= 15 is 0 Å². The van der Waals surface area contributed by atoms with Crippen LogP contribution in [0.3, 0.4) is 0 Å². The number of benzene rings is 1. The first-order chi connectivity index (χ1) is 4.33. The van der Waals surface area contributed by atoms with Gasteiger partial charge in [-0.3, -0.25) is 0 Å². The van der Waals surface area contributed by atoms with Crippen LogP contribution >= 0.6 is 0 Å². The van der Waals surface area contributed by atoms with Gasteiger partial charge in [0.1, 0.15) is 0 Å². The molecular weight excluding hydrogens is 199 g/mol. The average molecular weight is 205 g/mol. The fourth-order valence-electron chi connectivity index (χ4n) is 0.570. The maximum absolute atomic E-state index is 6.62. The molecule has 0 aliphatic rings. The summed E-state index contributed by atoms with van der Waals surface area (Å²) in [5, 5.41) is 0. The molecule has 0 aliphatic carbocycles. The zero-order valence-electron chi connectivity index (χ0n) is 5.54. The van der Waals surface area contributed by atoms with Crippen molar-refractivity contribution in [1.82, 2.24) is 0 Å². The van der Waals surface area contributed by atoms with E-state index in [9.17, 15) is 0 Å². The Morgan fingerprint density at radius 3 is 2.10 bits per heavy atom. The molecule has 10 heavy (non-hydrogen) atoms. The van der Waals surface area contributed by atoms with Gasteiger partial charge in [0.05, 0.1) is 6.57 Å². The van der Waals surface area contributed by atoms with Gasteiger partial charge in [-0.15, -0.1) is 12.1 Å². The SMILES string of the molecule is [C-]#[N+]c1ccc([CH2-])cc1.[Y]. The molecule has 0 N–H and O–H groups in total. The van der Waals surface area contributed by atoms with Crippen molar-refractivity contribution >= 4 is 5.69 Å². The molecule has 1 rings (SSSR count). The third-order valence-corrected chi connectivity index (χ3v) is 1.07. The first-order valence-electron chi connectivity index (χ1n) is 2.62. The van der Waals surface area contributed by atoms with Crippen LogP contribution in [0.1, 0.15) is 5.56 Å². The smallest absolute Gasteiger partial charge is 0.163 e. The molecule has 1 aromatic rings. The summed E-state index contributed by atoms with van der Waals surface area (Å²) in [5.74, 6) is 0. The Bertz CT molecular complexity index is 232. The molecule has 0 bridgehead atoms. The van der Waals surface area contributed by atoms with Gasteiger partial charge in [-0.1, -0.05) is 0 Å². The molecule has 0 fully saturated rings. The van der Waals surface area contributed by atoms with Gasteiger partial charge in [0.15, 0.2) is 5.69 Å². The van der Waals surface area contributed by atoms with Gasteiger partial charge in [0, 0.05) is 32.7 Å². The van der Waals surface area contributed by atoms with E-state index in [-0.39, 0.29) is 32.7 Å². The molecule has 2 heteroatoms. The minimum Gasteiger partial charge on any atom is -0.240 e. The summed E-state index contributed by atoms with van der Waals surface area (Å²) in [7, 11) is 0. The van der Waals surface area contributed by atoms with E-state index in [4.69, 9.17) is 6.57 Å². The topological polar surface area (TPSA) is 4.36 Å². The molecule has 0 unspecified atom stereocenters. The second-order valence-corrected chi connectivity index (χ2v) is 1.78. The first kappa shape index (κ1) is 9.68. The average Bonchev–Trinajstić information content (AvgIpc) is 1.90. The summed E-state index contributed by atoms with van der Waals surface area (Å²) in [6, 6.07) is 7.17. The predicted molar refractivity (Wildman–Crippen MR) is 37.2 cm³/mol. The van der Waals surface area contributed by atoms with Gasteiger partial charge >= 0.3 is 0 Å². The largest absolute Gasteiger partial charge is 0.240 e. The van der Waals surface area contributed by atoms with Crippen molar-refractivity contribution in [2.45, 2.75) is 0 Å². The quantitative estimate of drug-likeness (QED) is 0.573. The van der Waals surface area contributed by atoms with Crippen molar-refractivity contribution in [3.05, 3.63) is 48.2 Å². The van der Waals surface area contributed by atoms with E-state index in [2.05, 4.69) is 11.8 Å².